The highest BCUT2D eigenvalue weighted by atomic mass is 31.2. The van der Waals surface area contributed by atoms with Gasteiger partial charge in [-0.3, -0.25) is 0 Å². The second-order valence-corrected chi connectivity index (χ2v) is 12.3. The van der Waals surface area contributed by atoms with Crippen LogP contribution in [0.1, 0.15) is 34.1 Å². The number of benzene rings is 3. The van der Waals surface area contributed by atoms with Crippen LogP contribution in [0.3, 0.4) is 0 Å². The quantitative estimate of drug-likeness (QED) is 0.460. The number of rotatable bonds is 5. The van der Waals surface area contributed by atoms with Crippen LogP contribution in [-0.4, -0.2) is 18.0 Å². The van der Waals surface area contributed by atoms with Gasteiger partial charge in [0, 0.05) is 0 Å². The van der Waals surface area contributed by atoms with E-state index in [1.807, 2.05) is 0 Å². The lowest BCUT2D eigenvalue weighted by atomic mass is 9.76. The molecule has 0 saturated carbocycles. The minimum absolute atomic E-state index is 0.130. The van der Waals surface area contributed by atoms with Gasteiger partial charge in [-0.15, -0.1) is 0 Å². The lowest BCUT2D eigenvalue weighted by molar-refractivity contribution is -0.102. The number of hydrogen-bond acceptors (Lipinski definition) is 1. The first-order valence-electron chi connectivity index (χ1n) is 11.6. The van der Waals surface area contributed by atoms with Crippen molar-refractivity contribution in [1.29, 1.82) is 0 Å². The van der Waals surface area contributed by atoms with Gasteiger partial charge >= 0.3 is 0 Å². The lowest BCUT2D eigenvalue weighted by Gasteiger charge is -2.44. The monoisotopic (exact) mass is 430 g/mol. The van der Waals surface area contributed by atoms with Crippen LogP contribution in [-0.2, 0) is 4.74 Å². The van der Waals surface area contributed by atoms with Crippen molar-refractivity contribution in [2.75, 3.05) is 0 Å². The summed E-state index contributed by atoms with van der Waals surface area (Å²) in [5.74, 6) is 4.31. The first kappa shape index (κ1) is 22.1. The summed E-state index contributed by atoms with van der Waals surface area (Å²) >= 11 is 0. The van der Waals surface area contributed by atoms with E-state index in [2.05, 4.69) is 124 Å². The third-order valence-electron chi connectivity index (χ3n) is 7.36. The van der Waals surface area contributed by atoms with E-state index in [0.29, 0.717) is 23.9 Å². The van der Waals surface area contributed by atoms with Gasteiger partial charge in [0.05, 0.1) is 12.2 Å². The van der Waals surface area contributed by atoms with E-state index < -0.39 is 6.89 Å². The highest BCUT2D eigenvalue weighted by molar-refractivity contribution is 7.94. The van der Waals surface area contributed by atoms with Crippen LogP contribution in [0.15, 0.2) is 91.0 Å². The molecule has 3 aromatic carbocycles. The third-order valence-corrected chi connectivity index (χ3v) is 11.4. The minimum Gasteiger partial charge on any atom is -0.370 e. The summed E-state index contributed by atoms with van der Waals surface area (Å²) in [6, 6.07) is 33.2. The average molecular weight is 431 g/mol. The molecule has 4 rings (SSSR count). The summed E-state index contributed by atoms with van der Waals surface area (Å²) in [5, 5.41) is 4.17. The largest absolute Gasteiger partial charge is 0.370 e. The Morgan fingerprint density at radius 2 is 1.06 bits per heavy atom. The van der Waals surface area contributed by atoms with E-state index in [9.17, 15) is 0 Å². The molecule has 0 spiro atoms. The molecule has 0 N–H and O–H groups in total. The lowest BCUT2D eigenvalue weighted by Crippen LogP contribution is -2.46. The standard InChI is InChI=1S/C29H35OP/c1-5-28-23(3)22(2)24(4)29(30-28)21-31(25-15-9-6-10-16-25,26-17-11-7-12-18-26)27-19-13-8-14-20-27/h6-24,28-29H,5H2,1-4H3/t22?,23-,24?,28?,29-/m1/s1. The molecule has 1 fully saturated rings. The minimum atomic E-state index is -1.99. The van der Waals surface area contributed by atoms with Crippen LogP contribution in [0.2, 0.25) is 0 Å². The Labute approximate surface area is 188 Å². The van der Waals surface area contributed by atoms with Crippen LogP contribution in [0.4, 0.5) is 0 Å². The molecule has 0 aliphatic carbocycles. The fraction of sp³-hybridized carbons (Fsp3) is 0.345. The van der Waals surface area contributed by atoms with Gasteiger partial charge in [0.2, 0.25) is 0 Å². The van der Waals surface area contributed by atoms with Crippen LogP contribution in [0, 0.1) is 17.8 Å². The molecule has 1 saturated heterocycles. The van der Waals surface area contributed by atoms with Gasteiger partial charge in [-0.2, -0.15) is 0 Å². The van der Waals surface area contributed by atoms with Crippen molar-refractivity contribution in [3.63, 3.8) is 0 Å². The average Bonchev–Trinajstić information content (AvgIpc) is 2.84. The molecule has 0 aromatic heterocycles. The van der Waals surface area contributed by atoms with Crippen LogP contribution >= 0.6 is 6.89 Å². The Morgan fingerprint density at radius 1 is 0.645 bits per heavy atom. The molecule has 5 atom stereocenters. The highest BCUT2D eigenvalue weighted by Crippen LogP contribution is 2.46. The molecule has 1 aliphatic heterocycles. The van der Waals surface area contributed by atoms with Gasteiger partial charge in [-0.1, -0.05) is 119 Å². The Bertz CT molecular complexity index is 907. The van der Waals surface area contributed by atoms with Crippen molar-refractivity contribution in [2.24, 2.45) is 17.8 Å². The third kappa shape index (κ3) is 4.19. The van der Waals surface area contributed by atoms with Crippen molar-refractivity contribution in [2.45, 2.75) is 46.3 Å². The van der Waals surface area contributed by atoms with Crippen LogP contribution in [0.25, 0.3) is 0 Å². The molecule has 1 nitrogen and oxygen atoms in total. The van der Waals surface area contributed by atoms with E-state index in [4.69, 9.17) is 4.74 Å². The van der Waals surface area contributed by atoms with E-state index >= 15 is 0 Å². The van der Waals surface area contributed by atoms with Gasteiger partial charge in [-0.05, 0) is 52.8 Å². The Morgan fingerprint density at radius 3 is 1.45 bits per heavy atom. The van der Waals surface area contributed by atoms with Gasteiger partial charge in [-0.25, -0.2) is 0 Å². The fourth-order valence-corrected chi connectivity index (χ4v) is 9.24. The molecule has 0 radical (unpaired) electrons. The summed E-state index contributed by atoms with van der Waals surface area (Å²) < 4.78 is 6.82. The van der Waals surface area contributed by atoms with E-state index in [1.54, 1.807) is 0 Å². The molecule has 2 heteroatoms. The zero-order valence-electron chi connectivity index (χ0n) is 19.2. The van der Waals surface area contributed by atoms with E-state index in [1.165, 1.54) is 15.9 Å². The smallest absolute Gasteiger partial charge is 0.0800 e. The molecule has 0 amide bonds. The zero-order valence-corrected chi connectivity index (χ0v) is 20.1. The molecule has 0 bridgehead atoms. The van der Waals surface area contributed by atoms with Crippen LogP contribution < -0.4 is 15.9 Å². The molecular weight excluding hydrogens is 395 g/mol. The Balaban J connectivity index is 2.01. The molecule has 3 aromatic rings. The van der Waals surface area contributed by atoms with E-state index in [-0.39, 0.29) is 6.10 Å². The summed E-state index contributed by atoms with van der Waals surface area (Å²) in [4.78, 5) is 0. The van der Waals surface area contributed by atoms with Gasteiger partial charge < -0.3 is 4.74 Å². The summed E-state index contributed by atoms with van der Waals surface area (Å²) in [6.07, 6.45) is 1.51. The molecule has 31 heavy (non-hydrogen) atoms. The van der Waals surface area contributed by atoms with Crippen molar-refractivity contribution in [1.82, 2.24) is 0 Å². The normalized spacial score (nSPS) is 26.4. The Kier molecular flexibility index (Phi) is 6.85. The molecule has 162 valence electrons. The fourth-order valence-electron chi connectivity index (χ4n) is 5.12. The Hall–Kier alpha value is -2.08. The summed E-state index contributed by atoms with van der Waals surface area (Å²) in [6.45, 7) is 7.42. The predicted molar refractivity (Wildman–Crippen MR) is 138 cm³/mol. The molecule has 3 unspecified atom stereocenters. The summed E-state index contributed by atoms with van der Waals surface area (Å²) in [7, 11) is 0. The van der Waals surface area contributed by atoms with Gasteiger partial charge in [0.1, 0.15) is 0 Å². The van der Waals surface area contributed by atoms with Crippen molar-refractivity contribution < 1.29 is 4.74 Å². The molecule has 1 aliphatic rings. The second kappa shape index (κ2) is 9.60. The van der Waals surface area contributed by atoms with Gasteiger partial charge in [0.15, 0.2) is 0 Å². The topological polar surface area (TPSA) is 9.23 Å². The highest BCUT2D eigenvalue weighted by Gasteiger charge is 2.39. The first-order valence-corrected chi connectivity index (χ1v) is 13.5. The molecule has 1 heterocycles. The van der Waals surface area contributed by atoms with E-state index in [0.717, 1.165) is 6.42 Å². The summed E-state index contributed by atoms with van der Waals surface area (Å²) in [5.41, 5.74) is 0. The van der Waals surface area contributed by atoms with Crippen molar-refractivity contribution in [3.05, 3.63) is 91.0 Å². The SMILES string of the molecule is CCC1O[C@H](C=P(c2ccccc2)(c2ccccc2)c2ccccc2)C(C)C(C)[C@H]1C. The maximum absolute atomic E-state index is 6.82. The van der Waals surface area contributed by atoms with Crippen molar-refractivity contribution >= 4 is 28.6 Å². The van der Waals surface area contributed by atoms with Crippen molar-refractivity contribution in [3.8, 4) is 0 Å². The number of ether oxygens (including phenoxy) is 1. The molecular formula is C29H35OP. The maximum atomic E-state index is 6.82. The number of hydrogen-bond donors (Lipinski definition) is 0. The predicted octanol–water partition coefficient (Wildman–Crippen LogP) is 5.87. The van der Waals surface area contributed by atoms with Crippen LogP contribution in [0.5, 0.6) is 0 Å². The second-order valence-electron chi connectivity index (χ2n) is 9.00. The van der Waals surface area contributed by atoms with Gasteiger partial charge in [0.25, 0.3) is 0 Å². The zero-order chi connectivity index (χ0) is 21.8. The maximum Gasteiger partial charge on any atom is 0.0800 e. The first-order chi connectivity index (χ1) is 15.1.